The number of hydrogen-bond acceptors (Lipinski definition) is 7. The van der Waals surface area contributed by atoms with Gasteiger partial charge in [-0.05, 0) is 73.2 Å². The van der Waals surface area contributed by atoms with Crippen molar-refractivity contribution in [2.75, 3.05) is 11.9 Å². The summed E-state index contributed by atoms with van der Waals surface area (Å²) in [6, 6.07) is 22.6. The van der Waals surface area contributed by atoms with Gasteiger partial charge in [-0.1, -0.05) is 47.5 Å². The maximum atomic E-state index is 13.5. The molecule has 42 heavy (non-hydrogen) atoms. The maximum absolute atomic E-state index is 13.5. The molecule has 0 saturated heterocycles. The number of carbonyl (C=O) groups excluding carboxylic acids is 2. The zero-order valence-electron chi connectivity index (χ0n) is 22.3. The molecule has 13 heteroatoms. The van der Waals surface area contributed by atoms with Gasteiger partial charge >= 0.3 is 11.8 Å². The predicted octanol–water partition coefficient (Wildman–Crippen LogP) is 5.47. The molecular formula is C29H26Cl2N4O6S. The van der Waals surface area contributed by atoms with E-state index in [4.69, 9.17) is 32.4 Å². The Morgan fingerprint density at radius 3 is 2.26 bits per heavy atom. The highest BCUT2D eigenvalue weighted by Crippen LogP contribution is 2.25. The Hall–Kier alpha value is -4.16. The number of rotatable bonds is 11. The second-order valence-electron chi connectivity index (χ2n) is 8.74. The molecule has 2 amide bonds. The first-order chi connectivity index (χ1) is 20.2. The molecule has 1 heterocycles. The van der Waals surface area contributed by atoms with E-state index in [0.29, 0.717) is 33.8 Å². The number of hydrazone groups is 1. The number of furan rings is 1. The van der Waals surface area contributed by atoms with E-state index in [-0.39, 0.29) is 23.7 Å². The first-order valence-electron chi connectivity index (χ1n) is 12.6. The van der Waals surface area contributed by atoms with Gasteiger partial charge in [-0.15, -0.1) is 0 Å². The summed E-state index contributed by atoms with van der Waals surface area (Å²) in [7, 11) is -3.95. The molecule has 2 N–H and O–H groups in total. The third-order valence-corrected chi connectivity index (χ3v) is 8.05. The number of nitrogens with zero attached hydrogens (tertiary/aromatic N) is 2. The molecular weight excluding hydrogens is 603 g/mol. The van der Waals surface area contributed by atoms with Crippen LogP contribution in [0.5, 0.6) is 5.75 Å². The smallest absolute Gasteiger partial charge is 0.329 e. The van der Waals surface area contributed by atoms with Crippen molar-refractivity contribution in [2.45, 2.75) is 24.9 Å². The van der Waals surface area contributed by atoms with E-state index < -0.39 is 21.8 Å². The Bertz CT molecular complexity index is 1670. The van der Waals surface area contributed by atoms with E-state index in [1.54, 1.807) is 67.6 Å². The van der Waals surface area contributed by atoms with Crippen molar-refractivity contribution in [1.82, 2.24) is 9.73 Å². The van der Waals surface area contributed by atoms with Gasteiger partial charge in [-0.3, -0.25) is 9.59 Å². The zero-order valence-corrected chi connectivity index (χ0v) is 24.6. The van der Waals surface area contributed by atoms with Crippen molar-refractivity contribution < 1.29 is 27.2 Å². The Labute approximate surface area is 252 Å². The van der Waals surface area contributed by atoms with Gasteiger partial charge in [0.2, 0.25) is 10.0 Å². The Kier molecular flexibility index (Phi) is 10.4. The molecule has 0 aliphatic rings. The van der Waals surface area contributed by atoms with E-state index in [2.05, 4.69) is 15.8 Å². The minimum absolute atomic E-state index is 0.0455. The van der Waals surface area contributed by atoms with Crippen molar-refractivity contribution >= 4 is 56.9 Å². The number of hydrogen-bond donors (Lipinski definition) is 2. The summed E-state index contributed by atoms with van der Waals surface area (Å²) in [5, 5.41) is 7.18. The fourth-order valence-corrected chi connectivity index (χ4v) is 5.38. The maximum Gasteiger partial charge on any atom is 0.329 e. The summed E-state index contributed by atoms with van der Waals surface area (Å²) < 4.78 is 39.5. The largest absolute Gasteiger partial charge is 0.492 e. The van der Waals surface area contributed by atoms with Crippen LogP contribution in [-0.4, -0.2) is 37.4 Å². The standard InChI is InChI=1S/C29H26Cl2N4O6S/c1-2-40-27-6-4-3-5-26(27)33-28(36)29(37)34-32-17-23-13-14-24(41-23)19-35(18-20-7-9-21(30)10-8-20)42(38,39)25-15-11-22(31)12-16-25/h3-17H,2,18-19H2,1H3,(H,33,36)(H,34,37)/b32-17+. The lowest BCUT2D eigenvalue weighted by atomic mass is 10.2. The normalized spacial score (nSPS) is 11.5. The number of benzene rings is 3. The van der Waals surface area contributed by atoms with Gasteiger partial charge < -0.3 is 14.5 Å². The van der Waals surface area contributed by atoms with Crippen molar-refractivity contribution in [3.63, 3.8) is 0 Å². The van der Waals surface area contributed by atoms with Crippen LogP contribution in [0.3, 0.4) is 0 Å². The summed E-state index contributed by atoms with van der Waals surface area (Å²) in [6.07, 6.45) is 1.19. The van der Waals surface area contributed by atoms with Crippen LogP contribution < -0.4 is 15.5 Å². The monoisotopic (exact) mass is 628 g/mol. The lowest BCUT2D eigenvalue weighted by molar-refractivity contribution is -0.136. The SMILES string of the molecule is CCOc1ccccc1NC(=O)C(=O)N/N=C/c1ccc(CN(Cc2ccc(Cl)cc2)S(=O)(=O)c2ccc(Cl)cc2)o1. The van der Waals surface area contributed by atoms with Gasteiger partial charge in [0.1, 0.15) is 17.3 Å². The highest BCUT2D eigenvalue weighted by atomic mass is 35.5. The van der Waals surface area contributed by atoms with Crippen LogP contribution in [0.1, 0.15) is 24.0 Å². The number of amides is 2. The van der Waals surface area contributed by atoms with E-state index in [9.17, 15) is 18.0 Å². The number of carbonyl (C=O) groups is 2. The van der Waals surface area contributed by atoms with E-state index in [1.807, 2.05) is 0 Å². The second kappa shape index (κ2) is 14.1. The first-order valence-corrected chi connectivity index (χ1v) is 14.8. The zero-order chi connectivity index (χ0) is 30.1. The number of halogens is 2. The molecule has 0 saturated carbocycles. The highest BCUT2D eigenvalue weighted by molar-refractivity contribution is 7.89. The molecule has 0 spiro atoms. The molecule has 0 unspecified atom stereocenters. The first kappa shape index (κ1) is 30.8. The average Bonchev–Trinajstić information content (AvgIpc) is 3.42. The molecule has 0 aliphatic carbocycles. The molecule has 10 nitrogen and oxygen atoms in total. The van der Waals surface area contributed by atoms with Gasteiger partial charge in [0.15, 0.2) is 0 Å². The number of para-hydroxylation sites is 2. The van der Waals surface area contributed by atoms with Gasteiger partial charge in [0, 0.05) is 16.6 Å². The predicted molar refractivity (Wildman–Crippen MR) is 160 cm³/mol. The molecule has 3 aromatic carbocycles. The van der Waals surface area contributed by atoms with E-state index in [1.165, 1.54) is 34.8 Å². The molecule has 0 bridgehead atoms. The Morgan fingerprint density at radius 2 is 1.57 bits per heavy atom. The lowest BCUT2D eigenvalue weighted by Crippen LogP contribution is -2.32. The summed E-state index contributed by atoms with van der Waals surface area (Å²) in [6.45, 7) is 2.13. The van der Waals surface area contributed by atoms with E-state index in [0.717, 1.165) is 5.56 Å². The molecule has 1 aromatic heterocycles. The van der Waals surface area contributed by atoms with Crippen molar-refractivity contribution in [3.05, 3.63) is 112 Å². The summed E-state index contributed by atoms with van der Waals surface area (Å²) in [5.74, 6) is -0.976. The Balaban J connectivity index is 1.43. The summed E-state index contributed by atoms with van der Waals surface area (Å²) in [4.78, 5) is 24.6. The molecule has 0 atom stereocenters. The van der Waals surface area contributed by atoms with Crippen molar-refractivity contribution in [1.29, 1.82) is 0 Å². The van der Waals surface area contributed by atoms with Crippen molar-refractivity contribution in [2.24, 2.45) is 5.10 Å². The van der Waals surface area contributed by atoms with Crippen LogP contribution in [0.4, 0.5) is 5.69 Å². The molecule has 218 valence electrons. The third kappa shape index (κ3) is 8.20. The topological polar surface area (TPSA) is 130 Å². The molecule has 4 aromatic rings. The van der Waals surface area contributed by atoms with Gasteiger partial charge in [-0.25, -0.2) is 13.8 Å². The van der Waals surface area contributed by atoms with Crippen molar-refractivity contribution in [3.8, 4) is 5.75 Å². The highest BCUT2D eigenvalue weighted by Gasteiger charge is 2.26. The third-order valence-electron chi connectivity index (χ3n) is 5.74. The summed E-state index contributed by atoms with van der Waals surface area (Å²) >= 11 is 11.9. The van der Waals surface area contributed by atoms with Crippen LogP contribution in [0.25, 0.3) is 0 Å². The fourth-order valence-electron chi connectivity index (χ4n) is 3.73. The number of nitrogens with one attached hydrogen (secondary N) is 2. The van der Waals surface area contributed by atoms with Gasteiger partial charge in [0.25, 0.3) is 0 Å². The fraction of sp³-hybridized carbons (Fsp3) is 0.138. The van der Waals surface area contributed by atoms with Crippen LogP contribution in [0.15, 0.2) is 99.3 Å². The minimum Gasteiger partial charge on any atom is -0.492 e. The molecule has 0 radical (unpaired) electrons. The summed E-state index contributed by atoms with van der Waals surface area (Å²) in [5.41, 5.74) is 3.19. The van der Waals surface area contributed by atoms with Gasteiger partial charge in [0.05, 0.1) is 29.9 Å². The average molecular weight is 630 g/mol. The van der Waals surface area contributed by atoms with Gasteiger partial charge in [-0.2, -0.15) is 9.41 Å². The number of anilines is 1. The lowest BCUT2D eigenvalue weighted by Gasteiger charge is -2.21. The molecule has 4 rings (SSSR count). The molecule has 0 aliphatic heterocycles. The van der Waals surface area contributed by atoms with E-state index >= 15 is 0 Å². The number of sulfonamides is 1. The van der Waals surface area contributed by atoms with Crippen LogP contribution in [-0.2, 0) is 32.7 Å². The van der Waals surface area contributed by atoms with Crippen LogP contribution in [0, 0.1) is 0 Å². The molecule has 0 fully saturated rings. The van der Waals surface area contributed by atoms with Crippen LogP contribution >= 0.6 is 23.2 Å². The second-order valence-corrected chi connectivity index (χ2v) is 11.6. The quantitative estimate of drug-likeness (QED) is 0.129. The number of ether oxygens (including phenoxy) is 1. The van der Waals surface area contributed by atoms with Crippen LogP contribution in [0.2, 0.25) is 10.0 Å². The Morgan fingerprint density at radius 1 is 0.905 bits per heavy atom. The minimum atomic E-state index is -3.95.